The van der Waals surface area contributed by atoms with Crippen LogP contribution in [-0.4, -0.2) is 64.5 Å². The number of nitrogens with zero attached hydrogens (tertiary/aromatic N) is 3. The van der Waals surface area contributed by atoms with Gasteiger partial charge in [-0.2, -0.15) is 0 Å². The lowest BCUT2D eigenvalue weighted by Gasteiger charge is -2.20. The summed E-state index contributed by atoms with van der Waals surface area (Å²) in [6.45, 7) is 2.45. The highest BCUT2D eigenvalue weighted by atomic mass is 79.9. The van der Waals surface area contributed by atoms with Crippen molar-refractivity contribution < 1.29 is 14.7 Å². The van der Waals surface area contributed by atoms with Gasteiger partial charge in [0, 0.05) is 26.2 Å². The monoisotopic (exact) mass is 341 g/mol. The van der Waals surface area contributed by atoms with Gasteiger partial charge in [0.15, 0.2) is 0 Å². The summed E-state index contributed by atoms with van der Waals surface area (Å²) in [7, 11) is 0. The van der Waals surface area contributed by atoms with Crippen molar-refractivity contribution in [1.82, 2.24) is 14.8 Å². The van der Waals surface area contributed by atoms with E-state index in [0.29, 0.717) is 36.5 Å². The summed E-state index contributed by atoms with van der Waals surface area (Å²) in [6.07, 6.45) is 0.771. The molecule has 6 nitrogen and oxygen atoms in total. The Labute approximate surface area is 125 Å². The topological polar surface area (TPSA) is 73.7 Å². The van der Waals surface area contributed by atoms with E-state index in [1.165, 1.54) is 0 Å². The second-order valence-corrected chi connectivity index (χ2v) is 5.47. The van der Waals surface area contributed by atoms with Crippen molar-refractivity contribution in [2.24, 2.45) is 0 Å². The van der Waals surface area contributed by atoms with Gasteiger partial charge >= 0.3 is 5.97 Å². The molecular weight excluding hydrogens is 326 g/mol. The number of aliphatic carboxylic acids is 1. The Morgan fingerprint density at radius 2 is 2.05 bits per heavy atom. The number of pyridine rings is 1. The van der Waals surface area contributed by atoms with E-state index < -0.39 is 5.97 Å². The molecule has 1 amide bonds. The summed E-state index contributed by atoms with van der Waals surface area (Å²) in [4.78, 5) is 30.8. The lowest BCUT2D eigenvalue weighted by molar-refractivity contribution is -0.138. The first-order chi connectivity index (χ1) is 9.56. The highest BCUT2D eigenvalue weighted by Crippen LogP contribution is 2.11. The fraction of sp³-hybridized carbons (Fsp3) is 0.462. The van der Waals surface area contributed by atoms with Gasteiger partial charge in [0.25, 0.3) is 5.91 Å². The molecule has 1 aliphatic heterocycles. The first-order valence-electron chi connectivity index (χ1n) is 6.42. The molecule has 108 valence electrons. The molecule has 0 aromatic carbocycles. The average Bonchev–Trinajstić information content (AvgIpc) is 2.63. The highest BCUT2D eigenvalue weighted by molar-refractivity contribution is 9.10. The number of aromatic nitrogens is 1. The molecule has 1 aromatic heterocycles. The van der Waals surface area contributed by atoms with Crippen molar-refractivity contribution in [1.29, 1.82) is 0 Å². The number of carboxylic acid groups (broad SMARTS) is 1. The van der Waals surface area contributed by atoms with Crippen LogP contribution in [0.25, 0.3) is 0 Å². The Hall–Kier alpha value is -1.47. The SMILES string of the molecule is O=C(O)CN1CCCN(C(=O)c2cccc(Br)n2)CC1. The van der Waals surface area contributed by atoms with Gasteiger partial charge in [0.1, 0.15) is 10.3 Å². The third kappa shape index (κ3) is 4.01. The largest absolute Gasteiger partial charge is 0.480 e. The van der Waals surface area contributed by atoms with Crippen molar-refractivity contribution in [3.8, 4) is 0 Å². The second kappa shape index (κ2) is 6.81. The van der Waals surface area contributed by atoms with Gasteiger partial charge in [-0.1, -0.05) is 6.07 Å². The molecule has 1 aliphatic rings. The third-order valence-electron chi connectivity index (χ3n) is 3.17. The van der Waals surface area contributed by atoms with E-state index in [0.717, 1.165) is 6.42 Å². The minimum atomic E-state index is -0.835. The molecule has 0 bridgehead atoms. The maximum Gasteiger partial charge on any atom is 0.317 e. The molecule has 1 saturated heterocycles. The molecule has 0 radical (unpaired) electrons. The third-order valence-corrected chi connectivity index (χ3v) is 3.61. The summed E-state index contributed by atoms with van der Waals surface area (Å²) in [5.74, 6) is -0.943. The first kappa shape index (κ1) is 14.9. The quantitative estimate of drug-likeness (QED) is 0.832. The minimum absolute atomic E-state index is 0.0250. The van der Waals surface area contributed by atoms with Gasteiger partial charge in [0.05, 0.1) is 6.54 Å². The van der Waals surface area contributed by atoms with Crippen LogP contribution in [0.2, 0.25) is 0 Å². The molecular formula is C13H16BrN3O3. The summed E-state index contributed by atoms with van der Waals surface area (Å²) in [5, 5.41) is 8.80. The number of halogens is 1. The zero-order valence-corrected chi connectivity index (χ0v) is 12.5. The van der Waals surface area contributed by atoms with E-state index in [-0.39, 0.29) is 12.5 Å². The molecule has 2 heterocycles. The number of carboxylic acids is 1. The van der Waals surface area contributed by atoms with Gasteiger partial charge in [-0.3, -0.25) is 14.5 Å². The molecule has 1 N–H and O–H groups in total. The number of carbonyl (C=O) groups excluding carboxylic acids is 1. The maximum atomic E-state index is 12.3. The fourth-order valence-electron chi connectivity index (χ4n) is 2.21. The first-order valence-corrected chi connectivity index (χ1v) is 7.21. The summed E-state index contributed by atoms with van der Waals surface area (Å²) < 4.78 is 0.630. The van der Waals surface area contributed by atoms with Crippen molar-refractivity contribution in [3.63, 3.8) is 0 Å². The molecule has 7 heteroatoms. The Morgan fingerprint density at radius 3 is 2.75 bits per heavy atom. The summed E-state index contributed by atoms with van der Waals surface area (Å²) in [5.41, 5.74) is 0.408. The molecule has 0 spiro atoms. The minimum Gasteiger partial charge on any atom is -0.480 e. The average molecular weight is 342 g/mol. The molecule has 1 fully saturated rings. The van der Waals surface area contributed by atoms with Crippen molar-refractivity contribution >= 4 is 27.8 Å². The normalized spacial score (nSPS) is 16.8. The van der Waals surface area contributed by atoms with Crippen molar-refractivity contribution in [2.75, 3.05) is 32.7 Å². The van der Waals surface area contributed by atoms with Gasteiger partial charge in [0.2, 0.25) is 0 Å². The van der Waals surface area contributed by atoms with Crippen LogP contribution in [0.5, 0.6) is 0 Å². The number of carbonyl (C=O) groups is 2. The molecule has 2 rings (SSSR count). The number of hydrogen-bond acceptors (Lipinski definition) is 4. The molecule has 0 unspecified atom stereocenters. The molecule has 1 aromatic rings. The van der Waals surface area contributed by atoms with Crippen molar-refractivity contribution in [2.45, 2.75) is 6.42 Å². The lowest BCUT2D eigenvalue weighted by Crippen LogP contribution is -2.37. The smallest absolute Gasteiger partial charge is 0.317 e. The fourth-order valence-corrected chi connectivity index (χ4v) is 2.56. The van der Waals surface area contributed by atoms with Crippen LogP contribution < -0.4 is 0 Å². The Morgan fingerprint density at radius 1 is 1.25 bits per heavy atom. The predicted molar refractivity (Wildman–Crippen MR) is 76.5 cm³/mol. The van der Waals surface area contributed by atoms with Gasteiger partial charge in [-0.05, 0) is 34.5 Å². The molecule has 0 saturated carbocycles. The van der Waals surface area contributed by atoms with E-state index in [1.54, 1.807) is 23.1 Å². The van der Waals surface area contributed by atoms with Gasteiger partial charge < -0.3 is 10.0 Å². The predicted octanol–water partition coefficient (Wildman–Crippen LogP) is 1.08. The standard InChI is InChI=1S/C13H16BrN3O3/c14-11-4-1-3-10(15-11)13(20)17-6-2-5-16(7-8-17)9-12(18)19/h1,3-4H,2,5-9H2,(H,18,19). The molecule has 0 aliphatic carbocycles. The van der Waals surface area contributed by atoms with Gasteiger partial charge in [-0.25, -0.2) is 4.98 Å². The Bertz CT molecular complexity index is 509. The maximum absolute atomic E-state index is 12.3. The van der Waals surface area contributed by atoms with E-state index in [4.69, 9.17) is 5.11 Å². The summed E-state index contributed by atoms with van der Waals surface area (Å²) in [6, 6.07) is 5.24. The lowest BCUT2D eigenvalue weighted by atomic mass is 10.3. The van der Waals surface area contributed by atoms with Crippen LogP contribution in [0.3, 0.4) is 0 Å². The summed E-state index contributed by atoms with van der Waals surface area (Å²) >= 11 is 3.25. The number of rotatable bonds is 3. The number of amides is 1. The van der Waals surface area contributed by atoms with Gasteiger partial charge in [-0.15, -0.1) is 0 Å². The Kier molecular flexibility index (Phi) is 5.08. The van der Waals surface area contributed by atoms with E-state index in [2.05, 4.69) is 20.9 Å². The van der Waals surface area contributed by atoms with E-state index in [9.17, 15) is 9.59 Å². The van der Waals surface area contributed by atoms with Crippen LogP contribution in [0.4, 0.5) is 0 Å². The zero-order chi connectivity index (χ0) is 14.5. The van der Waals surface area contributed by atoms with Crippen LogP contribution in [0, 0.1) is 0 Å². The van der Waals surface area contributed by atoms with E-state index in [1.807, 2.05) is 4.90 Å². The highest BCUT2D eigenvalue weighted by Gasteiger charge is 2.22. The van der Waals surface area contributed by atoms with Crippen LogP contribution >= 0.6 is 15.9 Å². The van der Waals surface area contributed by atoms with E-state index >= 15 is 0 Å². The van der Waals surface area contributed by atoms with Crippen molar-refractivity contribution in [3.05, 3.63) is 28.5 Å². The van der Waals surface area contributed by atoms with Crippen LogP contribution in [0.15, 0.2) is 22.8 Å². The molecule has 20 heavy (non-hydrogen) atoms. The second-order valence-electron chi connectivity index (χ2n) is 4.66. The number of hydrogen-bond donors (Lipinski definition) is 1. The Balaban J connectivity index is 1.99. The zero-order valence-electron chi connectivity index (χ0n) is 11.0. The van der Waals surface area contributed by atoms with Crippen LogP contribution in [0.1, 0.15) is 16.9 Å². The van der Waals surface area contributed by atoms with Crippen LogP contribution in [-0.2, 0) is 4.79 Å². The molecule has 0 atom stereocenters.